The molecule has 1 aliphatic rings. The molecule has 6 nitrogen and oxygen atoms in total. The van der Waals surface area contributed by atoms with Crippen LogP contribution in [-0.4, -0.2) is 29.5 Å². The van der Waals surface area contributed by atoms with E-state index in [0.717, 1.165) is 23.1 Å². The number of hydrogen-bond donors (Lipinski definition) is 3. The second-order valence-corrected chi connectivity index (χ2v) is 5.96. The highest BCUT2D eigenvalue weighted by atomic mass is 32.1. The molecule has 2 heterocycles. The summed E-state index contributed by atoms with van der Waals surface area (Å²) in [4.78, 5) is 28.1. The highest BCUT2D eigenvalue weighted by molar-refractivity contribution is 7.22. The molecular formula is C14H16N4O2S. The molecule has 1 unspecified atom stereocenters. The molecule has 2 aromatic rings. The second-order valence-electron chi connectivity index (χ2n) is 4.92. The van der Waals surface area contributed by atoms with Crippen molar-refractivity contribution < 1.29 is 9.59 Å². The molecule has 1 aromatic heterocycles. The number of thiazole rings is 1. The van der Waals surface area contributed by atoms with Gasteiger partial charge in [-0.15, -0.1) is 0 Å². The van der Waals surface area contributed by atoms with Gasteiger partial charge in [0.25, 0.3) is 0 Å². The number of hydrogen-bond acceptors (Lipinski definition) is 4. The topological polar surface area (TPSA) is 83.1 Å². The number of nitrogens with zero attached hydrogens (tertiary/aromatic N) is 1. The highest BCUT2D eigenvalue weighted by Crippen LogP contribution is 2.25. The number of benzene rings is 1. The van der Waals surface area contributed by atoms with Gasteiger partial charge < -0.3 is 10.6 Å². The molecule has 0 bridgehead atoms. The summed E-state index contributed by atoms with van der Waals surface area (Å²) in [6.07, 6.45) is 2.54. The van der Waals surface area contributed by atoms with Crippen molar-refractivity contribution in [3.8, 4) is 0 Å². The number of fused-ring (bicyclic) bond motifs is 1. The quantitative estimate of drug-likeness (QED) is 0.794. The third kappa shape index (κ3) is 3.30. The average molecular weight is 304 g/mol. The van der Waals surface area contributed by atoms with E-state index in [1.165, 1.54) is 11.3 Å². The Morgan fingerprint density at radius 2 is 2.19 bits per heavy atom. The van der Waals surface area contributed by atoms with Gasteiger partial charge in [0.15, 0.2) is 5.13 Å². The molecule has 110 valence electrons. The lowest BCUT2D eigenvalue weighted by molar-refractivity contribution is -0.122. The molecule has 1 saturated heterocycles. The molecule has 7 heteroatoms. The number of rotatable bonds is 2. The number of urea groups is 1. The van der Waals surface area contributed by atoms with Gasteiger partial charge in [-0.2, -0.15) is 0 Å². The Balaban J connectivity index is 1.64. The van der Waals surface area contributed by atoms with Crippen molar-refractivity contribution in [1.29, 1.82) is 0 Å². The standard InChI is InChI=1S/C14H16N4O2S/c19-12-10(6-3-4-8-15-12)16-13(20)18-14-17-9-5-1-2-7-11(9)21-14/h1-2,5,7,10H,3-4,6,8H2,(H,15,19)(H2,16,17,18,20). The summed E-state index contributed by atoms with van der Waals surface area (Å²) in [6.45, 7) is 0.677. The highest BCUT2D eigenvalue weighted by Gasteiger charge is 2.22. The Bertz CT molecular complexity index is 637. The van der Waals surface area contributed by atoms with E-state index < -0.39 is 12.1 Å². The van der Waals surface area contributed by atoms with Crippen molar-refractivity contribution in [2.24, 2.45) is 0 Å². The number of carbonyl (C=O) groups excluding carboxylic acids is 2. The van der Waals surface area contributed by atoms with Gasteiger partial charge in [-0.3, -0.25) is 10.1 Å². The number of para-hydroxylation sites is 1. The molecule has 0 aliphatic carbocycles. The van der Waals surface area contributed by atoms with Crippen LogP contribution in [0.4, 0.5) is 9.93 Å². The Hall–Kier alpha value is -2.15. The summed E-state index contributed by atoms with van der Waals surface area (Å²) >= 11 is 1.41. The normalized spacial score (nSPS) is 18.9. The number of anilines is 1. The van der Waals surface area contributed by atoms with E-state index >= 15 is 0 Å². The van der Waals surface area contributed by atoms with Crippen LogP contribution in [0.25, 0.3) is 10.2 Å². The summed E-state index contributed by atoms with van der Waals surface area (Å²) in [5.41, 5.74) is 0.852. The molecule has 0 spiro atoms. The second kappa shape index (κ2) is 6.09. The zero-order valence-corrected chi connectivity index (χ0v) is 12.2. The van der Waals surface area contributed by atoms with Crippen LogP contribution in [-0.2, 0) is 4.79 Å². The maximum atomic E-state index is 12.0. The third-order valence-corrected chi connectivity index (χ3v) is 4.31. The molecule has 1 aromatic carbocycles. The average Bonchev–Trinajstić information content (AvgIpc) is 2.76. The number of amides is 3. The van der Waals surface area contributed by atoms with E-state index in [0.29, 0.717) is 18.1 Å². The SMILES string of the molecule is O=C(Nc1nc2ccccc2s1)NC1CCCCNC1=O. The predicted octanol–water partition coefficient (Wildman–Crippen LogP) is 2.09. The summed E-state index contributed by atoms with van der Waals surface area (Å²) < 4.78 is 1.01. The van der Waals surface area contributed by atoms with E-state index in [4.69, 9.17) is 0 Å². The van der Waals surface area contributed by atoms with Gasteiger partial charge in [0, 0.05) is 6.54 Å². The number of nitrogens with one attached hydrogen (secondary N) is 3. The minimum Gasteiger partial charge on any atom is -0.354 e. The summed E-state index contributed by atoms with van der Waals surface area (Å²) in [5, 5.41) is 8.72. The van der Waals surface area contributed by atoms with Crippen LogP contribution in [0.2, 0.25) is 0 Å². The predicted molar refractivity (Wildman–Crippen MR) is 82.4 cm³/mol. The molecule has 1 fully saturated rings. The lowest BCUT2D eigenvalue weighted by Gasteiger charge is -2.14. The number of aromatic nitrogens is 1. The van der Waals surface area contributed by atoms with Crippen molar-refractivity contribution >= 4 is 38.6 Å². The van der Waals surface area contributed by atoms with E-state index in [-0.39, 0.29) is 5.91 Å². The van der Waals surface area contributed by atoms with Crippen LogP contribution in [0, 0.1) is 0 Å². The van der Waals surface area contributed by atoms with Crippen LogP contribution < -0.4 is 16.0 Å². The Morgan fingerprint density at radius 1 is 1.33 bits per heavy atom. The van der Waals surface area contributed by atoms with Gasteiger partial charge in [-0.25, -0.2) is 9.78 Å². The zero-order chi connectivity index (χ0) is 14.7. The molecule has 0 radical (unpaired) electrons. The lowest BCUT2D eigenvalue weighted by atomic mass is 10.1. The van der Waals surface area contributed by atoms with Crippen molar-refractivity contribution in [3.63, 3.8) is 0 Å². The van der Waals surface area contributed by atoms with E-state index in [9.17, 15) is 9.59 Å². The van der Waals surface area contributed by atoms with Crippen LogP contribution in [0.15, 0.2) is 24.3 Å². The fourth-order valence-electron chi connectivity index (χ4n) is 2.29. The fraction of sp³-hybridized carbons (Fsp3) is 0.357. The summed E-state index contributed by atoms with van der Waals surface area (Å²) in [6, 6.07) is 6.82. The van der Waals surface area contributed by atoms with Gasteiger partial charge >= 0.3 is 6.03 Å². The molecule has 1 atom stereocenters. The van der Waals surface area contributed by atoms with Gasteiger partial charge in [-0.1, -0.05) is 23.5 Å². The van der Waals surface area contributed by atoms with Gasteiger partial charge in [0.2, 0.25) is 5.91 Å². The Labute approximate surface area is 125 Å². The number of carbonyl (C=O) groups is 2. The summed E-state index contributed by atoms with van der Waals surface area (Å²) in [7, 11) is 0. The van der Waals surface area contributed by atoms with E-state index in [1.54, 1.807) is 0 Å². The van der Waals surface area contributed by atoms with Crippen molar-refractivity contribution in [2.45, 2.75) is 25.3 Å². The molecule has 0 saturated carbocycles. The smallest absolute Gasteiger partial charge is 0.321 e. The fourth-order valence-corrected chi connectivity index (χ4v) is 3.16. The Kier molecular flexibility index (Phi) is 4.01. The first kappa shape index (κ1) is 13.8. The molecule has 3 rings (SSSR count). The molecule has 1 aliphatic heterocycles. The minimum absolute atomic E-state index is 0.119. The van der Waals surface area contributed by atoms with Crippen LogP contribution in [0.3, 0.4) is 0 Å². The minimum atomic E-state index is -0.470. The van der Waals surface area contributed by atoms with Crippen molar-refractivity contribution in [3.05, 3.63) is 24.3 Å². The summed E-state index contributed by atoms with van der Waals surface area (Å²) in [5.74, 6) is -0.119. The Morgan fingerprint density at radius 3 is 3.05 bits per heavy atom. The molecule has 3 N–H and O–H groups in total. The maximum absolute atomic E-state index is 12.0. The largest absolute Gasteiger partial charge is 0.354 e. The monoisotopic (exact) mass is 304 g/mol. The van der Waals surface area contributed by atoms with Gasteiger partial charge in [0.1, 0.15) is 6.04 Å². The van der Waals surface area contributed by atoms with Gasteiger partial charge in [-0.05, 0) is 31.4 Å². The van der Waals surface area contributed by atoms with Crippen LogP contribution in [0.5, 0.6) is 0 Å². The molecule has 21 heavy (non-hydrogen) atoms. The molecular weight excluding hydrogens is 288 g/mol. The third-order valence-electron chi connectivity index (χ3n) is 3.35. The first-order valence-electron chi connectivity index (χ1n) is 6.93. The van der Waals surface area contributed by atoms with Crippen molar-refractivity contribution in [2.75, 3.05) is 11.9 Å². The van der Waals surface area contributed by atoms with Crippen LogP contribution in [0.1, 0.15) is 19.3 Å². The zero-order valence-electron chi connectivity index (χ0n) is 11.4. The molecule has 3 amide bonds. The van der Waals surface area contributed by atoms with Crippen LogP contribution >= 0.6 is 11.3 Å². The maximum Gasteiger partial charge on any atom is 0.321 e. The first-order valence-corrected chi connectivity index (χ1v) is 7.75. The first-order chi connectivity index (χ1) is 10.2. The van der Waals surface area contributed by atoms with Gasteiger partial charge in [0.05, 0.1) is 10.2 Å². The van der Waals surface area contributed by atoms with E-state index in [1.807, 2.05) is 24.3 Å². The lowest BCUT2D eigenvalue weighted by Crippen LogP contribution is -2.46. The van der Waals surface area contributed by atoms with Crippen molar-refractivity contribution in [1.82, 2.24) is 15.6 Å². The van der Waals surface area contributed by atoms with E-state index in [2.05, 4.69) is 20.9 Å².